The van der Waals surface area contributed by atoms with Gasteiger partial charge < -0.3 is 5.32 Å². The van der Waals surface area contributed by atoms with Crippen molar-refractivity contribution in [1.82, 2.24) is 5.32 Å². The fourth-order valence-corrected chi connectivity index (χ4v) is 2.76. The summed E-state index contributed by atoms with van der Waals surface area (Å²) in [6.07, 6.45) is 0.818. The Morgan fingerprint density at radius 1 is 1.09 bits per heavy atom. The first kappa shape index (κ1) is 14.8. The van der Waals surface area contributed by atoms with Crippen molar-refractivity contribution in [2.75, 3.05) is 0 Å². The zero-order chi connectivity index (χ0) is 16.2. The fourth-order valence-electron chi connectivity index (χ4n) is 2.76. The molecule has 4 heteroatoms. The van der Waals surface area contributed by atoms with Gasteiger partial charge in [0.2, 0.25) is 5.91 Å². The fraction of sp³-hybridized carbons (Fsp3) is 0.211. The number of rotatable bonds is 4. The molecule has 3 rings (SSSR count). The van der Waals surface area contributed by atoms with Crippen LogP contribution in [0, 0.1) is 28.6 Å². The molecule has 1 aliphatic rings. The summed E-state index contributed by atoms with van der Waals surface area (Å²) in [6, 6.07) is 18.9. The van der Waals surface area contributed by atoms with E-state index in [9.17, 15) is 4.79 Å². The summed E-state index contributed by atoms with van der Waals surface area (Å²) in [5.74, 6) is 0.205. The lowest BCUT2D eigenvalue weighted by Crippen LogP contribution is -2.24. The second-order valence-corrected chi connectivity index (χ2v) is 5.72. The number of benzene rings is 2. The van der Waals surface area contributed by atoms with Crippen LogP contribution < -0.4 is 5.32 Å². The monoisotopic (exact) mass is 301 g/mol. The molecule has 4 nitrogen and oxygen atoms in total. The van der Waals surface area contributed by atoms with Gasteiger partial charge in [-0.05, 0) is 47.7 Å². The number of hydrogen-bond acceptors (Lipinski definition) is 3. The number of nitrogens with one attached hydrogen (secondary N) is 1. The molecule has 0 bridgehead atoms. The Hall–Kier alpha value is -3.11. The second-order valence-electron chi connectivity index (χ2n) is 5.72. The SMILES string of the molecule is N#Cc1cccc(CNC(=O)[C@@H]2C[C@@H]2c2cccc(C#N)c2)c1. The molecule has 1 aliphatic carbocycles. The van der Waals surface area contributed by atoms with Crippen molar-refractivity contribution in [2.45, 2.75) is 18.9 Å². The molecule has 0 aromatic heterocycles. The highest BCUT2D eigenvalue weighted by atomic mass is 16.2. The number of nitriles is 2. The lowest BCUT2D eigenvalue weighted by atomic mass is 10.1. The van der Waals surface area contributed by atoms with E-state index in [1.165, 1.54) is 0 Å². The van der Waals surface area contributed by atoms with E-state index in [0.717, 1.165) is 17.5 Å². The maximum absolute atomic E-state index is 12.2. The maximum Gasteiger partial charge on any atom is 0.224 e. The molecule has 1 saturated carbocycles. The number of amides is 1. The van der Waals surface area contributed by atoms with Gasteiger partial charge in [0.15, 0.2) is 0 Å². The van der Waals surface area contributed by atoms with Gasteiger partial charge in [-0.2, -0.15) is 10.5 Å². The normalized spacial score (nSPS) is 18.5. The molecular formula is C19H15N3O. The summed E-state index contributed by atoms with van der Waals surface area (Å²) in [4.78, 5) is 12.2. The summed E-state index contributed by atoms with van der Waals surface area (Å²) in [7, 11) is 0. The van der Waals surface area contributed by atoms with Gasteiger partial charge in [-0.15, -0.1) is 0 Å². The smallest absolute Gasteiger partial charge is 0.224 e. The van der Waals surface area contributed by atoms with Crippen LogP contribution in [0.5, 0.6) is 0 Å². The van der Waals surface area contributed by atoms with Gasteiger partial charge >= 0.3 is 0 Å². The molecule has 0 spiro atoms. The van der Waals surface area contributed by atoms with Crippen molar-refractivity contribution < 1.29 is 4.79 Å². The average molecular weight is 301 g/mol. The topological polar surface area (TPSA) is 76.7 Å². The zero-order valence-electron chi connectivity index (χ0n) is 12.5. The molecule has 0 unspecified atom stereocenters. The van der Waals surface area contributed by atoms with Crippen LogP contribution in [0.2, 0.25) is 0 Å². The third kappa shape index (κ3) is 3.39. The minimum absolute atomic E-state index is 0.0249. The first-order valence-corrected chi connectivity index (χ1v) is 7.48. The Bertz CT molecular complexity index is 829. The second kappa shape index (κ2) is 6.34. The van der Waals surface area contributed by atoms with Crippen molar-refractivity contribution in [3.8, 4) is 12.1 Å². The van der Waals surface area contributed by atoms with Crippen LogP contribution in [0.3, 0.4) is 0 Å². The van der Waals surface area contributed by atoms with Gasteiger partial charge in [0.25, 0.3) is 0 Å². The predicted octanol–water partition coefficient (Wildman–Crippen LogP) is 2.85. The van der Waals surface area contributed by atoms with Crippen molar-refractivity contribution in [3.05, 3.63) is 70.8 Å². The van der Waals surface area contributed by atoms with Crippen molar-refractivity contribution >= 4 is 5.91 Å². The molecule has 23 heavy (non-hydrogen) atoms. The highest BCUT2D eigenvalue weighted by Crippen LogP contribution is 2.47. The lowest BCUT2D eigenvalue weighted by molar-refractivity contribution is -0.122. The largest absolute Gasteiger partial charge is 0.352 e. The van der Waals surface area contributed by atoms with Crippen molar-refractivity contribution in [3.63, 3.8) is 0 Å². The van der Waals surface area contributed by atoms with Gasteiger partial charge in [-0.25, -0.2) is 0 Å². The Balaban J connectivity index is 1.58. The van der Waals surface area contributed by atoms with E-state index in [1.54, 1.807) is 18.2 Å². The summed E-state index contributed by atoms with van der Waals surface area (Å²) >= 11 is 0. The first-order valence-electron chi connectivity index (χ1n) is 7.48. The van der Waals surface area contributed by atoms with Gasteiger partial charge in [-0.3, -0.25) is 4.79 Å². The molecule has 1 N–H and O–H groups in total. The lowest BCUT2D eigenvalue weighted by Gasteiger charge is -2.06. The number of carbonyl (C=O) groups excluding carboxylic acids is 1. The van der Waals surface area contributed by atoms with Gasteiger partial charge in [0.1, 0.15) is 0 Å². The Morgan fingerprint density at radius 3 is 2.52 bits per heavy atom. The molecule has 0 aliphatic heterocycles. The molecule has 1 fully saturated rings. The van der Waals surface area contributed by atoms with Gasteiger partial charge in [0, 0.05) is 12.5 Å². The molecule has 2 aromatic rings. The Morgan fingerprint density at radius 2 is 1.78 bits per heavy atom. The van der Waals surface area contributed by atoms with Gasteiger partial charge in [0.05, 0.1) is 23.3 Å². The van der Waals surface area contributed by atoms with Crippen LogP contribution in [0.25, 0.3) is 0 Å². The Kier molecular flexibility index (Phi) is 4.08. The summed E-state index contributed by atoms with van der Waals surface area (Å²) < 4.78 is 0. The van der Waals surface area contributed by atoms with E-state index in [0.29, 0.717) is 17.7 Å². The third-order valence-corrected chi connectivity index (χ3v) is 4.09. The molecule has 2 aromatic carbocycles. The zero-order valence-corrected chi connectivity index (χ0v) is 12.5. The molecular weight excluding hydrogens is 286 g/mol. The van der Waals surface area contributed by atoms with E-state index >= 15 is 0 Å². The minimum Gasteiger partial charge on any atom is -0.352 e. The van der Waals surface area contributed by atoms with E-state index < -0.39 is 0 Å². The molecule has 2 atom stereocenters. The summed E-state index contributed by atoms with van der Waals surface area (Å²) in [6.45, 7) is 0.426. The number of nitrogens with zero attached hydrogens (tertiary/aromatic N) is 2. The van der Waals surface area contributed by atoms with Gasteiger partial charge in [-0.1, -0.05) is 24.3 Å². The molecule has 0 heterocycles. The number of hydrogen-bond donors (Lipinski definition) is 1. The van der Waals surface area contributed by atoms with E-state index in [1.807, 2.05) is 30.3 Å². The molecule has 0 saturated heterocycles. The summed E-state index contributed by atoms with van der Waals surface area (Å²) in [5, 5.41) is 20.7. The Labute approximate surface area is 135 Å². The van der Waals surface area contributed by atoms with Crippen LogP contribution in [0.4, 0.5) is 0 Å². The van der Waals surface area contributed by atoms with E-state index in [4.69, 9.17) is 10.5 Å². The molecule has 0 radical (unpaired) electrons. The molecule has 1 amide bonds. The van der Waals surface area contributed by atoms with Crippen LogP contribution in [-0.2, 0) is 11.3 Å². The third-order valence-electron chi connectivity index (χ3n) is 4.09. The van der Waals surface area contributed by atoms with Crippen molar-refractivity contribution in [1.29, 1.82) is 10.5 Å². The van der Waals surface area contributed by atoms with Crippen molar-refractivity contribution in [2.24, 2.45) is 5.92 Å². The highest BCUT2D eigenvalue weighted by Gasteiger charge is 2.43. The van der Waals surface area contributed by atoms with Crippen LogP contribution in [0.1, 0.15) is 34.6 Å². The highest BCUT2D eigenvalue weighted by molar-refractivity contribution is 5.82. The first-order chi connectivity index (χ1) is 11.2. The predicted molar refractivity (Wildman–Crippen MR) is 85.0 cm³/mol. The average Bonchev–Trinajstić information content (AvgIpc) is 3.41. The quantitative estimate of drug-likeness (QED) is 0.943. The van der Waals surface area contributed by atoms with Crippen LogP contribution in [0.15, 0.2) is 48.5 Å². The van der Waals surface area contributed by atoms with Crippen LogP contribution >= 0.6 is 0 Å². The summed E-state index contributed by atoms with van der Waals surface area (Å²) in [5.41, 5.74) is 3.19. The number of carbonyl (C=O) groups is 1. The van der Waals surface area contributed by atoms with E-state index in [2.05, 4.69) is 17.5 Å². The van der Waals surface area contributed by atoms with E-state index in [-0.39, 0.29) is 17.7 Å². The van der Waals surface area contributed by atoms with Crippen LogP contribution in [-0.4, -0.2) is 5.91 Å². The maximum atomic E-state index is 12.2. The molecule has 112 valence electrons. The standard InChI is InChI=1S/C19H15N3O/c20-10-13-3-1-5-15(7-13)12-22-19(23)18-9-17(18)16-6-2-4-14(8-16)11-21/h1-8,17-18H,9,12H2,(H,22,23)/t17-,18-/m1/s1. The minimum atomic E-state index is -0.0249.